The lowest BCUT2D eigenvalue weighted by atomic mass is 9.98. The van der Waals surface area contributed by atoms with Crippen LogP contribution >= 0.6 is 11.6 Å². The minimum Gasteiger partial charge on any atom is -0.497 e. The molecule has 0 saturated carbocycles. The fraction of sp³-hybridized carbons (Fsp3) is 0.400. The smallest absolute Gasteiger partial charge is 0.318 e. The molecular formula is C25H31ClN4O4. The molecule has 0 aliphatic carbocycles. The van der Waals surface area contributed by atoms with Gasteiger partial charge in [0, 0.05) is 31.1 Å². The lowest BCUT2D eigenvalue weighted by molar-refractivity contribution is -0.133. The summed E-state index contributed by atoms with van der Waals surface area (Å²) in [6.07, 6.45) is 0.538. The Morgan fingerprint density at radius 1 is 1.15 bits per heavy atom. The van der Waals surface area contributed by atoms with Crippen LogP contribution in [0.5, 0.6) is 5.75 Å². The lowest BCUT2D eigenvalue weighted by Crippen LogP contribution is -2.48. The second-order valence-corrected chi connectivity index (χ2v) is 8.74. The summed E-state index contributed by atoms with van der Waals surface area (Å²) in [5, 5.41) is 9.62. The molecule has 0 aromatic heterocycles. The average molecular weight is 487 g/mol. The number of hydrazone groups is 1. The van der Waals surface area contributed by atoms with Gasteiger partial charge in [0.1, 0.15) is 12.3 Å². The predicted molar refractivity (Wildman–Crippen MR) is 132 cm³/mol. The number of halogens is 1. The maximum absolute atomic E-state index is 13.4. The summed E-state index contributed by atoms with van der Waals surface area (Å²) in [5.41, 5.74) is 2.61. The van der Waals surface area contributed by atoms with Gasteiger partial charge in [0.05, 0.1) is 25.5 Å². The molecule has 0 spiro atoms. The number of nitrogens with one attached hydrogen (secondary N) is 1. The molecule has 1 atom stereocenters. The molecular weight excluding hydrogens is 456 g/mol. The topological polar surface area (TPSA) is 83.5 Å². The molecule has 182 valence electrons. The maximum Gasteiger partial charge on any atom is 0.318 e. The molecule has 3 amide bonds. The monoisotopic (exact) mass is 486 g/mol. The van der Waals surface area contributed by atoms with Crippen molar-refractivity contribution >= 4 is 29.3 Å². The molecule has 34 heavy (non-hydrogen) atoms. The number of carbonyl (C=O) groups excluding carboxylic acids is 2. The minimum absolute atomic E-state index is 0.0547. The van der Waals surface area contributed by atoms with Gasteiger partial charge in [-0.05, 0) is 61.4 Å². The highest BCUT2D eigenvalue weighted by atomic mass is 35.5. The van der Waals surface area contributed by atoms with Gasteiger partial charge in [0.2, 0.25) is 0 Å². The molecule has 9 heteroatoms. The molecule has 1 aliphatic heterocycles. The summed E-state index contributed by atoms with van der Waals surface area (Å²) >= 11 is 6.08. The van der Waals surface area contributed by atoms with Crippen LogP contribution in [0.4, 0.5) is 4.79 Å². The number of rotatable bonds is 9. The molecule has 3 rings (SSSR count). The van der Waals surface area contributed by atoms with Gasteiger partial charge >= 0.3 is 6.03 Å². The van der Waals surface area contributed by atoms with Gasteiger partial charge in [-0.1, -0.05) is 23.7 Å². The highest BCUT2D eigenvalue weighted by molar-refractivity contribution is 6.30. The SMILES string of the molecule is COCCN(CC(=O)N1N=C(c2ccc(OC)cc2)C[C@H]1c1ccc(Cl)cc1)C(=O)NC(C)C. The number of benzene rings is 2. The van der Waals surface area contributed by atoms with Crippen molar-refractivity contribution in [3.63, 3.8) is 0 Å². The lowest BCUT2D eigenvalue weighted by Gasteiger charge is -2.27. The van der Waals surface area contributed by atoms with Gasteiger partial charge in [-0.25, -0.2) is 9.80 Å². The van der Waals surface area contributed by atoms with Crippen molar-refractivity contribution in [3.05, 3.63) is 64.7 Å². The van der Waals surface area contributed by atoms with E-state index in [2.05, 4.69) is 10.4 Å². The summed E-state index contributed by atoms with van der Waals surface area (Å²) < 4.78 is 10.4. The summed E-state index contributed by atoms with van der Waals surface area (Å²) in [7, 11) is 3.17. The quantitative estimate of drug-likeness (QED) is 0.578. The Morgan fingerprint density at radius 3 is 2.41 bits per heavy atom. The number of carbonyl (C=O) groups is 2. The van der Waals surface area contributed by atoms with Crippen LogP contribution in [0, 0.1) is 0 Å². The van der Waals surface area contributed by atoms with Gasteiger partial charge in [0.25, 0.3) is 5.91 Å². The second-order valence-electron chi connectivity index (χ2n) is 8.30. The first-order valence-electron chi connectivity index (χ1n) is 11.2. The van der Waals surface area contributed by atoms with E-state index >= 15 is 0 Å². The molecule has 1 N–H and O–H groups in total. The third kappa shape index (κ3) is 6.48. The maximum atomic E-state index is 13.4. The Hall–Kier alpha value is -3.10. The normalized spacial score (nSPS) is 15.3. The van der Waals surface area contributed by atoms with E-state index in [4.69, 9.17) is 21.1 Å². The van der Waals surface area contributed by atoms with E-state index in [9.17, 15) is 9.59 Å². The summed E-state index contributed by atoms with van der Waals surface area (Å²) in [6.45, 7) is 4.23. The summed E-state index contributed by atoms with van der Waals surface area (Å²) in [4.78, 5) is 27.6. The third-order valence-corrected chi connectivity index (χ3v) is 5.69. The highest BCUT2D eigenvalue weighted by Gasteiger charge is 2.34. The number of urea groups is 1. The van der Waals surface area contributed by atoms with E-state index < -0.39 is 0 Å². The van der Waals surface area contributed by atoms with Crippen LogP contribution in [-0.2, 0) is 9.53 Å². The van der Waals surface area contributed by atoms with E-state index in [1.54, 1.807) is 26.4 Å². The van der Waals surface area contributed by atoms with E-state index in [1.165, 1.54) is 9.91 Å². The van der Waals surface area contributed by atoms with Crippen LogP contribution in [0.15, 0.2) is 53.6 Å². The van der Waals surface area contributed by atoms with Gasteiger partial charge in [-0.3, -0.25) is 4.79 Å². The zero-order valence-corrected chi connectivity index (χ0v) is 20.7. The highest BCUT2D eigenvalue weighted by Crippen LogP contribution is 2.33. The van der Waals surface area contributed by atoms with Crippen molar-refractivity contribution in [2.75, 3.05) is 33.9 Å². The number of hydrogen-bond acceptors (Lipinski definition) is 5. The van der Waals surface area contributed by atoms with Crippen LogP contribution in [0.25, 0.3) is 0 Å². The number of nitrogens with zero attached hydrogens (tertiary/aromatic N) is 3. The molecule has 1 aliphatic rings. The number of amides is 3. The van der Waals surface area contributed by atoms with Gasteiger partial charge in [-0.2, -0.15) is 5.10 Å². The summed E-state index contributed by atoms with van der Waals surface area (Å²) in [6, 6.07) is 14.3. The molecule has 0 saturated heterocycles. The Morgan fingerprint density at radius 2 is 1.82 bits per heavy atom. The van der Waals surface area contributed by atoms with Crippen LogP contribution in [-0.4, -0.2) is 67.5 Å². The van der Waals surface area contributed by atoms with Crippen molar-refractivity contribution in [2.45, 2.75) is 32.4 Å². The molecule has 8 nitrogen and oxygen atoms in total. The van der Waals surface area contributed by atoms with Crippen LogP contribution < -0.4 is 10.1 Å². The predicted octanol–water partition coefficient (Wildman–Crippen LogP) is 4.09. The van der Waals surface area contributed by atoms with Crippen LogP contribution in [0.1, 0.15) is 37.4 Å². The molecule has 0 fully saturated rings. The largest absolute Gasteiger partial charge is 0.497 e. The fourth-order valence-corrected chi connectivity index (χ4v) is 3.80. The summed E-state index contributed by atoms with van der Waals surface area (Å²) in [5.74, 6) is 0.466. The second kappa shape index (κ2) is 11.9. The first-order chi connectivity index (χ1) is 16.3. The zero-order chi connectivity index (χ0) is 24.7. The molecule has 2 aromatic rings. The molecule has 2 aromatic carbocycles. The molecule has 1 heterocycles. The number of ether oxygens (including phenoxy) is 2. The van der Waals surface area contributed by atoms with Gasteiger partial charge < -0.3 is 19.7 Å². The van der Waals surface area contributed by atoms with E-state index in [1.807, 2.05) is 50.2 Å². The zero-order valence-electron chi connectivity index (χ0n) is 20.0. The minimum atomic E-state index is -0.318. The molecule has 0 bridgehead atoms. The Balaban J connectivity index is 1.88. The van der Waals surface area contributed by atoms with Crippen molar-refractivity contribution in [3.8, 4) is 5.75 Å². The van der Waals surface area contributed by atoms with E-state index in [0.717, 1.165) is 22.6 Å². The standard InChI is InChI=1S/C25H31ClN4O4/c1-17(2)27-25(32)29(13-14-33-3)16-24(31)30-23(19-5-9-20(26)10-6-19)15-22(28-30)18-7-11-21(34-4)12-8-18/h5-12,17,23H,13-16H2,1-4H3,(H,27,32)/t23-/m0/s1. The Labute approximate surface area is 205 Å². The van der Waals surface area contributed by atoms with Crippen molar-refractivity contribution in [1.82, 2.24) is 15.2 Å². The van der Waals surface area contributed by atoms with Crippen molar-refractivity contribution < 1.29 is 19.1 Å². The number of hydrogen-bond donors (Lipinski definition) is 1. The third-order valence-electron chi connectivity index (χ3n) is 5.43. The van der Waals surface area contributed by atoms with Crippen LogP contribution in [0.3, 0.4) is 0 Å². The first-order valence-corrected chi connectivity index (χ1v) is 11.5. The molecule has 0 radical (unpaired) electrons. The van der Waals surface area contributed by atoms with Crippen molar-refractivity contribution in [1.29, 1.82) is 0 Å². The van der Waals surface area contributed by atoms with Gasteiger partial charge in [0.15, 0.2) is 0 Å². The Kier molecular flexibility index (Phi) is 8.90. The van der Waals surface area contributed by atoms with Gasteiger partial charge in [-0.15, -0.1) is 0 Å². The fourth-order valence-electron chi connectivity index (χ4n) is 3.67. The van der Waals surface area contributed by atoms with Crippen LogP contribution in [0.2, 0.25) is 5.02 Å². The molecule has 0 unspecified atom stereocenters. The van der Waals surface area contributed by atoms with E-state index in [-0.39, 0.29) is 37.1 Å². The first kappa shape index (κ1) is 25.5. The van der Waals surface area contributed by atoms with Crippen molar-refractivity contribution in [2.24, 2.45) is 5.10 Å². The number of methoxy groups -OCH3 is 2. The Bertz CT molecular complexity index is 1010. The van der Waals surface area contributed by atoms with E-state index in [0.29, 0.717) is 18.1 Å². The average Bonchev–Trinajstić information content (AvgIpc) is 3.27.